The van der Waals surface area contributed by atoms with Crippen molar-refractivity contribution in [2.75, 3.05) is 4.72 Å². The van der Waals surface area contributed by atoms with Gasteiger partial charge in [-0.2, -0.15) is 0 Å². The Morgan fingerprint density at radius 3 is 2.33 bits per heavy atom. The third-order valence-corrected chi connectivity index (χ3v) is 4.60. The Balaban J connectivity index is 1.93. The average Bonchev–Trinajstić information content (AvgIpc) is 2.77. The lowest BCUT2D eigenvalue weighted by molar-refractivity contribution is -0.0431. The Labute approximate surface area is 136 Å². The molecule has 5 nitrogen and oxygen atoms in total. The number of anilines is 1. The van der Waals surface area contributed by atoms with Gasteiger partial charge in [-0.25, -0.2) is 21.6 Å². The van der Waals surface area contributed by atoms with E-state index in [1.165, 1.54) is 18.2 Å². The number of sulfonamides is 1. The highest BCUT2D eigenvalue weighted by molar-refractivity contribution is 7.92. The third kappa shape index (κ3) is 2.86. The van der Waals surface area contributed by atoms with E-state index in [9.17, 15) is 21.6 Å². The van der Waals surface area contributed by atoms with Gasteiger partial charge >= 0.3 is 0 Å². The number of halogens is 3. The van der Waals surface area contributed by atoms with Crippen LogP contribution < -0.4 is 14.2 Å². The molecule has 0 unspecified atom stereocenters. The van der Waals surface area contributed by atoms with Crippen LogP contribution in [0.3, 0.4) is 0 Å². The second-order valence-corrected chi connectivity index (χ2v) is 7.20. The molecule has 0 radical (unpaired) electrons. The van der Waals surface area contributed by atoms with Crippen LogP contribution in [0.4, 0.5) is 18.9 Å². The fraction of sp³-hybridized carbons (Fsp3) is 0.200. The first-order valence-corrected chi connectivity index (χ1v) is 8.26. The Kier molecular flexibility index (Phi) is 3.63. The van der Waals surface area contributed by atoms with Crippen LogP contribution in [0.25, 0.3) is 0 Å². The largest absolute Gasteiger partial charge is 0.449 e. The SMILES string of the molecule is CC1(C)Oc2ccc(NS(=O)(=O)c3ccc(F)c(F)c3F)cc2O1. The minimum Gasteiger partial charge on any atom is -0.449 e. The van der Waals surface area contributed by atoms with Crippen molar-refractivity contribution in [1.29, 1.82) is 0 Å². The second-order valence-electron chi connectivity index (χ2n) is 5.54. The molecule has 0 saturated carbocycles. The molecule has 0 bridgehead atoms. The number of rotatable bonds is 3. The van der Waals surface area contributed by atoms with E-state index in [0.29, 0.717) is 23.6 Å². The number of ether oxygens (including phenoxy) is 2. The third-order valence-electron chi connectivity index (χ3n) is 3.20. The quantitative estimate of drug-likeness (QED) is 0.853. The minimum atomic E-state index is -4.46. The highest BCUT2D eigenvalue weighted by Crippen LogP contribution is 2.41. The summed E-state index contributed by atoms with van der Waals surface area (Å²) in [4.78, 5) is -1.00. The summed E-state index contributed by atoms with van der Waals surface area (Å²) in [7, 11) is -4.46. The average molecular weight is 359 g/mol. The molecule has 0 atom stereocenters. The highest BCUT2D eigenvalue weighted by atomic mass is 32.2. The summed E-state index contributed by atoms with van der Waals surface area (Å²) in [6.45, 7) is 3.35. The van der Waals surface area contributed by atoms with Crippen LogP contribution in [0.15, 0.2) is 35.2 Å². The Bertz CT molecular complexity index is 929. The van der Waals surface area contributed by atoms with Gasteiger partial charge in [0.15, 0.2) is 29.0 Å². The summed E-state index contributed by atoms with van der Waals surface area (Å²) >= 11 is 0. The lowest BCUT2D eigenvalue weighted by Crippen LogP contribution is -2.29. The molecule has 1 heterocycles. The predicted octanol–water partition coefficient (Wildman–Crippen LogP) is 3.41. The predicted molar refractivity (Wildman–Crippen MR) is 78.9 cm³/mol. The van der Waals surface area contributed by atoms with E-state index < -0.39 is 38.2 Å². The molecule has 0 amide bonds. The van der Waals surface area contributed by atoms with Gasteiger partial charge in [-0.1, -0.05) is 0 Å². The van der Waals surface area contributed by atoms with E-state index in [0.717, 1.165) is 0 Å². The van der Waals surface area contributed by atoms with Crippen molar-refractivity contribution in [3.05, 3.63) is 47.8 Å². The fourth-order valence-electron chi connectivity index (χ4n) is 2.21. The van der Waals surface area contributed by atoms with Crippen molar-refractivity contribution in [1.82, 2.24) is 0 Å². The summed E-state index contributed by atoms with van der Waals surface area (Å²) in [5, 5.41) is 0. The zero-order chi connectivity index (χ0) is 17.7. The molecule has 0 saturated heterocycles. The summed E-state index contributed by atoms with van der Waals surface area (Å²) in [5.74, 6) is -5.30. The maximum absolute atomic E-state index is 13.7. The zero-order valence-electron chi connectivity index (χ0n) is 12.6. The van der Waals surface area contributed by atoms with Gasteiger partial charge in [-0.3, -0.25) is 4.72 Å². The topological polar surface area (TPSA) is 64.6 Å². The van der Waals surface area contributed by atoms with E-state index in [1.807, 2.05) is 0 Å². The molecule has 2 aromatic rings. The maximum Gasteiger partial charge on any atom is 0.264 e. The summed E-state index contributed by atoms with van der Waals surface area (Å²) < 4.78 is 77.3. The van der Waals surface area contributed by atoms with Crippen molar-refractivity contribution >= 4 is 15.7 Å². The standard InChI is InChI=1S/C15H12F3NO4S/c1-15(2)22-10-5-3-8(7-11(10)23-15)19-24(20,21)12-6-4-9(16)13(17)14(12)18/h3-7,19H,1-2H3. The molecule has 0 spiro atoms. The smallest absolute Gasteiger partial charge is 0.264 e. The van der Waals surface area contributed by atoms with Crippen molar-refractivity contribution < 1.29 is 31.1 Å². The molecule has 1 aliphatic rings. The van der Waals surface area contributed by atoms with Gasteiger partial charge in [-0.05, 0) is 24.3 Å². The van der Waals surface area contributed by atoms with Gasteiger partial charge in [0.25, 0.3) is 10.0 Å². The number of hydrogen-bond donors (Lipinski definition) is 1. The van der Waals surface area contributed by atoms with E-state index in [-0.39, 0.29) is 5.69 Å². The first-order valence-electron chi connectivity index (χ1n) is 6.77. The molecule has 24 heavy (non-hydrogen) atoms. The van der Waals surface area contributed by atoms with Crippen LogP contribution in [-0.4, -0.2) is 14.2 Å². The Morgan fingerprint density at radius 1 is 0.958 bits per heavy atom. The van der Waals surface area contributed by atoms with Crippen molar-refractivity contribution in [2.45, 2.75) is 24.5 Å². The van der Waals surface area contributed by atoms with E-state index in [1.54, 1.807) is 13.8 Å². The molecule has 1 N–H and O–H groups in total. The molecule has 0 aliphatic carbocycles. The van der Waals surface area contributed by atoms with Crippen LogP contribution in [0.2, 0.25) is 0 Å². The van der Waals surface area contributed by atoms with Crippen molar-refractivity contribution in [3.63, 3.8) is 0 Å². The Hall–Kier alpha value is -2.42. The maximum atomic E-state index is 13.7. The molecule has 128 valence electrons. The van der Waals surface area contributed by atoms with Crippen LogP contribution in [0, 0.1) is 17.5 Å². The van der Waals surface area contributed by atoms with Crippen LogP contribution in [0.1, 0.15) is 13.8 Å². The van der Waals surface area contributed by atoms with E-state index in [2.05, 4.69) is 4.72 Å². The van der Waals surface area contributed by atoms with Gasteiger partial charge in [-0.15, -0.1) is 0 Å². The van der Waals surface area contributed by atoms with Crippen LogP contribution in [0.5, 0.6) is 11.5 Å². The van der Waals surface area contributed by atoms with Crippen LogP contribution >= 0.6 is 0 Å². The zero-order valence-corrected chi connectivity index (χ0v) is 13.4. The number of hydrogen-bond acceptors (Lipinski definition) is 4. The van der Waals surface area contributed by atoms with Crippen LogP contribution in [-0.2, 0) is 10.0 Å². The van der Waals surface area contributed by atoms with Gasteiger partial charge in [0.2, 0.25) is 5.79 Å². The summed E-state index contributed by atoms with van der Waals surface area (Å²) in [6, 6.07) is 5.38. The molecule has 0 aromatic heterocycles. The highest BCUT2D eigenvalue weighted by Gasteiger charge is 2.32. The van der Waals surface area contributed by atoms with Crippen molar-refractivity contribution in [2.24, 2.45) is 0 Å². The summed E-state index contributed by atoms with van der Waals surface area (Å²) in [6.07, 6.45) is 0. The first kappa shape index (κ1) is 16.4. The molecule has 9 heteroatoms. The number of nitrogens with one attached hydrogen (secondary N) is 1. The summed E-state index contributed by atoms with van der Waals surface area (Å²) in [5.41, 5.74) is 0.0548. The van der Waals surface area contributed by atoms with Gasteiger partial charge < -0.3 is 9.47 Å². The van der Waals surface area contributed by atoms with E-state index >= 15 is 0 Å². The first-order chi connectivity index (χ1) is 11.1. The fourth-order valence-corrected chi connectivity index (χ4v) is 3.33. The lowest BCUT2D eigenvalue weighted by atomic mass is 10.3. The molecular weight excluding hydrogens is 347 g/mol. The molecular formula is C15H12F3NO4S. The molecule has 1 aliphatic heterocycles. The molecule has 0 fully saturated rings. The number of benzene rings is 2. The number of fused-ring (bicyclic) bond motifs is 1. The lowest BCUT2D eigenvalue weighted by Gasteiger charge is -2.16. The molecule has 2 aromatic carbocycles. The van der Waals surface area contributed by atoms with Gasteiger partial charge in [0.05, 0.1) is 5.69 Å². The van der Waals surface area contributed by atoms with Gasteiger partial charge in [0, 0.05) is 19.9 Å². The van der Waals surface area contributed by atoms with Gasteiger partial charge in [0.1, 0.15) is 4.90 Å². The van der Waals surface area contributed by atoms with Crippen molar-refractivity contribution in [3.8, 4) is 11.5 Å². The second kappa shape index (κ2) is 5.30. The normalized spacial score (nSPS) is 15.4. The monoisotopic (exact) mass is 359 g/mol. The minimum absolute atomic E-state index is 0.0548. The Morgan fingerprint density at radius 2 is 1.62 bits per heavy atom. The van der Waals surface area contributed by atoms with E-state index in [4.69, 9.17) is 9.47 Å². The molecule has 3 rings (SSSR count).